The third-order valence-corrected chi connectivity index (χ3v) is 11.1. The minimum Gasteiger partial charge on any atom is -0.455 e. The van der Waals surface area contributed by atoms with E-state index in [2.05, 4.69) is 187 Å². The van der Waals surface area contributed by atoms with E-state index < -0.39 is 0 Å². The first-order chi connectivity index (χ1) is 25.3. The van der Waals surface area contributed by atoms with Crippen molar-refractivity contribution in [2.45, 2.75) is 0 Å². The van der Waals surface area contributed by atoms with Gasteiger partial charge in [-0.2, -0.15) is 0 Å². The van der Waals surface area contributed by atoms with Crippen LogP contribution in [0.15, 0.2) is 192 Å². The summed E-state index contributed by atoms with van der Waals surface area (Å²) in [5.74, 6) is 0. The molecule has 2 aromatic heterocycles. The van der Waals surface area contributed by atoms with Crippen molar-refractivity contribution in [1.29, 1.82) is 0 Å². The van der Waals surface area contributed by atoms with Crippen molar-refractivity contribution in [3.8, 4) is 33.4 Å². The van der Waals surface area contributed by atoms with Gasteiger partial charge in [0.15, 0.2) is 0 Å². The second-order valence-corrected chi connectivity index (χ2v) is 14.0. The summed E-state index contributed by atoms with van der Waals surface area (Å²) in [7, 11) is 0. The standard InChI is InChI=1S/C48H31NOS/c1-3-11-32(12-4-1)33-21-26-37(27-22-33)49(44-19-10-18-42-40-15-7-8-20-46(40)51-48(42)44)38-28-23-34(24-29-38)36-25-30-45-43(31-36)41-17-9-16-39(47(41)50-45)35-13-5-2-6-14-35/h1-31H. The number of benzene rings is 8. The molecule has 2 heterocycles. The van der Waals surface area contributed by atoms with Crippen molar-refractivity contribution in [3.05, 3.63) is 188 Å². The number of hydrogen-bond donors (Lipinski definition) is 0. The summed E-state index contributed by atoms with van der Waals surface area (Å²) in [5.41, 5.74) is 12.2. The fourth-order valence-electron chi connectivity index (χ4n) is 7.40. The monoisotopic (exact) mass is 669 g/mol. The summed E-state index contributed by atoms with van der Waals surface area (Å²) in [6.07, 6.45) is 0. The van der Waals surface area contributed by atoms with E-state index in [1.54, 1.807) is 0 Å². The predicted octanol–water partition coefficient (Wildman–Crippen LogP) is 14.4. The van der Waals surface area contributed by atoms with E-state index in [1.807, 2.05) is 17.4 Å². The zero-order valence-electron chi connectivity index (χ0n) is 27.7. The van der Waals surface area contributed by atoms with Crippen LogP contribution in [0.1, 0.15) is 0 Å². The highest BCUT2D eigenvalue weighted by atomic mass is 32.1. The van der Waals surface area contributed by atoms with Gasteiger partial charge >= 0.3 is 0 Å². The molecule has 240 valence electrons. The molecule has 0 unspecified atom stereocenters. The minimum atomic E-state index is 0.898. The molecule has 2 nitrogen and oxygen atoms in total. The number of hydrogen-bond acceptors (Lipinski definition) is 3. The molecule has 0 bridgehead atoms. The van der Waals surface area contributed by atoms with E-state index in [9.17, 15) is 0 Å². The van der Waals surface area contributed by atoms with Crippen LogP contribution in [0.3, 0.4) is 0 Å². The fourth-order valence-corrected chi connectivity index (χ4v) is 8.60. The van der Waals surface area contributed by atoms with Crippen LogP contribution in [0.4, 0.5) is 17.1 Å². The average molecular weight is 670 g/mol. The van der Waals surface area contributed by atoms with Gasteiger partial charge in [0.1, 0.15) is 11.2 Å². The lowest BCUT2D eigenvalue weighted by molar-refractivity contribution is 0.670. The Labute approximate surface area is 300 Å². The number of anilines is 3. The van der Waals surface area contributed by atoms with E-state index in [-0.39, 0.29) is 0 Å². The lowest BCUT2D eigenvalue weighted by Gasteiger charge is -2.26. The summed E-state index contributed by atoms with van der Waals surface area (Å²) in [6, 6.07) is 67.3. The molecule has 0 amide bonds. The van der Waals surface area contributed by atoms with Crippen molar-refractivity contribution >= 4 is 70.5 Å². The molecule has 8 aromatic carbocycles. The Morgan fingerprint density at radius 3 is 1.71 bits per heavy atom. The van der Waals surface area contributed by atoms with Gasteiger partial charge in [0, 0.05) is 43.2 Å². The van der Waals surface area contributed by atoms with E-state index >= 15 is 0 Å². The second-order valence-electron chi connectivity index (χ2n) is 12.9. The van der Waals surface area contributed by atoms with Crippen LogP contribution in [0, 0.1) is 0 Å². The number of fused-ring (bicyclic) bond motifs is 6. The molecule has 3 heteroatoms. The number of para-hydroxylation sites is 1. The molecule has 0 saturated carbocycles. The highest BCUT2D eigenvalue weighted by molar-refractivity contribution is 7.26. The molecule has 51 heavy (non-hydrogen) atoms. The molecule has 0 fully saturated rings. The quantitative estimate of drug-likeness (QED) is 0.175. The van der Waals surface area contributed by atoms with Crippen LogP contribution in [0.25, 0.3) is 75.5 Å². The Morgan fingerprint density at radius 2 is 0.961 bits per heavy atom. The lowest BCUT2D eigenvalue weighted by atomic mass is 10.00. The van der Waals surface area contributed by atoms with Gasteiger partial charge in [-0.05, 0) is 76.3 Å². The van der Waals surface area contributed by atoms with Crippen LogP contribution in [-0.2, 0) is 0 Å². The maximum absolute atomic E-state index is 6.47. The molecule has 0 radical (unpaired) electrons. The number of rotatable bonds is 6. The molecule has 0 aliphatic carbocycles. The molecule has 0 atom stereocenters. The largest absolute Gasteiger partial charge is 0.455 e. The van der Waals surface area contributed by atoms with Gasteiger partial charge in [-0.1, -0.05) is 140 Å². The highest BCUT2D eigenvalue weighted by Crippen LogP contribution is 2.45. The topological polar surface area (TPSA) is 16.4 Å². The molecule has 10 rings (SSSR count). The van der Waals surface area contributed by atoms with Crippen molar-refractivity contribution in [2.24, 2.45) is 0 Å². The Bertz CT molecular complexity index is 2830. The first-order valence-electron chi connectivity index (χ1n) is 17.3. The lowest BCUT2D eigenvalue weighted by Crippen LogP contribution is -2.10. The summed E-state index contributed by atoms with van der Waals surface area (Å²) < 4.78 is 9.04. The zero-order valence-corrected chi connectivity index (χ0v) is 28.5. The van der Waals surface area contributed by atoms with Gasteiger partial charge in [0.05, 0.1) is 10.4 Å². The van der Waals surface area contributed by atoms with Crippen molar-refractivity contribution in [3.63, 3.8) is 0 Å². The molecule has 0 N–H and O–H groups in total. The second kappa shape index (κ2) is 12.2. The van der Waals surface area contributed by atoms with Crippen molar-refractivity contribution in [2.75, 3.05) is 4.90 Å². The molecule has 0 aliphatic rings. The van der Waals surface area contributed by atoms with Crippen LogP contribution in [-0.4, -0.2) is 0 Å². The number of furan rings is 1. The van der Waals surface area contributed by atoms with Gasteiger partial charge in [0.25, 0.3) is 0 Å². The van der Waals surface area contributed by atoms with Crippen LogP contribution in [0.5, 0.6) is 0 Å². The maximum Gasteiger partial charge on any atom is 0.143 e. The van der Waals surface area contributed by atoms with Gasteiger partial charge in [-0.25, -0.2) is 0 Å². The Hall–Kier alpha value is -6.42. The van der Waals surface area contributed by atoms with Gasteiger partial charge < -0.3 is 9.32 Å². The molecule has 10 aromatic rings. The Morgan fingerprint density at radius 1 is 0.392 bits per heavy atom. The molecular weight excluding hydrogens is 639 g/mol. The normalized spacial score (nSPS) is 11.5. The molecule has 0 aliphatic heterocycles. The summed E-state index contributed by atoms with van der Waals surface area (Å²) >= 11 is 1.86. The van der Waals surface area contributed by atoms with Gasteiger partial charge in [-0.15, -0.1) is 11.3 Å². The van der Waals surface area contributed by atoms with E-state index in [4.69, 9.17) is 4.42 Å². The van der Waals surface area contributed by atoms with E-state index in [0.29, 0.717) is 0 Å². The fraction of sp³-hybridized carbons (Fsp3) is 0. The third kappa shape index (κ3) is 5.10. The van der Waals surface area contributed by atoms with Gasteiger partial charge in [0.2, 0.25) is 0 Å². The predicted molar refractivity (Wildman–Crippen MR) is 218 cm³/mol. The molecular formula is C48H31NOS. The number of nitrogens with zero attached hydrogens (tertiary/aromatic N) is 1. The zero-order chi connectivity index (χ0) is 33.7. The third-order valence-electron chi connectivity index (χ3n) is 9.90. The van der Waals surface area contributed by atoms with E-state index in [0.717, 1.165) is 55.6 Å². The van der Waals surface area contributed by atoms with E-state index in [1.165, 1.54) is 37.0 Å². The Kier molecular flexibility index (Phi) is 7.04. The minimum absolute atomic E-state index is 0.898. The van der Waals surface area contributed by atoms with Crippen molar-refractivity contribution < 1.29 is 4.42 Å². The first-order valence-corrected chi connectivity index (χ1v) is 18.1. The summed E-state index contributed by atoms with van der Waals surface area (Å²) in [6.45, 7) is 0. The average Bonchev–Trinajstić information content (AvgIpc) is 3.78. The van der Waals surface area contributed by atoms with Crippen LogP contribution in [0.2, 0.25) is 0 Å². The van der Waals surface area contributed by atoms with Crippen molar-refractivity contribution in [1.82, 2.24) is 0 Å². The van der Waals surface area contributed by atoms with Crippen LogP contribution < -0.4 is 4.90 Å². The van der Waals surface area contributed by atoms with Crippen LogP contribution >= 0.6 is 11.3 Å². The summed E-state index contributed by atoms with van der Waals surface area (Å²) in [4.78, 5) is 2.40. The van der Waals surface area contributed by atoms with Gasteiger partial charge in [-0.3, -0.25) is 0 Å². The highest BCUT2D eigenvalue weighted by Gasteiger charge is 2.19. The number of thiophene rings is 1. The summed E-state index contributed by atoms with van der Waals surface area (Å²) in [5, 5.41) is 4.84. The maximum atomic E-state index is 6.47. The molecule has 0 saturated heterocycles. The Balaban J connectivity index is 1.07. The molecule has 0 spiro atoms. The first kappa shape index (κ1) is 29.5. The smallest absolute Gasteiger partial charge is 0.143 e. The SMILES string of the molecule is c1ccc(-c2ccc(N(c3ccc(-c4ccc5oc6c(-c7ccccc7)cccc6c5c4)cc3)c3cccc4c3sc3ccccc34)cc2)cc1.